The Morgan fingerprint density at radius 2 is 1.75 bits per heavy atom. The first-order valence-corrected chi connectivity index (χ1v) is 8.90. The van der Waals surface area contributed by atoms with Crippen molar-refractivity contribution in [3.05, 3.63) is 83.2 Å². The van der Waals surface area contributed by atoms with E-state index in [0.717, 1.165) is 19.0 Å². The number of aromatic nitrogens is 2. The van der Waals surface area contributed by atoms with Crippen molar-refractivity contribution in [2.24, 2.45) is 5.73 Å². The van der Waals surface area contributed by atoms with Gasteiger partial charge in [0.15, 0.2) is 5.69 Å². The van der Waals surface area contributed by atoms with Crippen LogP contribution in [0.3, 0.4) is 0 Å². The molecule has 0 saturated carbocycles. The molecule has 1 atom stereocenters. The fourth-order valence-electron chi connectivity index (χ4n) is 3.12. The van der Waals surface area contributed by atoms with Gasteiger partial charge in [-0.1, -0.05) is 42.5 Å². The van der Waals surface area contributed by atoms with Crippen molar-refractivity contribution in [1.82, 2.24) is 9.78 Å². The van der Waals surface area contributed by atoms with Gasteiger partial charge < -0.3 is 5.73 Å². The summed E-state index contributed by atoms with van der Waals surface area (Å²) in [5.74, 6) is 0. The lowest BCUT2D eigenvalue weighted by molar-refractivity contribution is -0.143. The minimum atomic E-state index is -4.72. The SMILES string of the molecule is NC1CCc2ccccc21.O=C(Cl)c1cnn(-c2ccccc2)c1C(F)(F)F. The van der Waals surface area contributed by atoms with Gasteiger partial charge in [0, 0.05) is 6.04 Å². The van der Waals surface area contributed by atoms with E-state index in [9.17, 15) is 18.0 Å². The Morgan fingerprint density at radius 1 is 1.11 bits per heavy atom. The van der Waals surface area contributed by atoms with Crippen LogP contribution in [-0.2, 0) is 12.6 Å². The molecular formula is C20H17ClF3N3O. The maximum Gasteiger partial charge on any atom is 0.434 e. The summed E-state index contributed by atoms with van der Waals surface area (Å²) in [7, 11) is 0. The number of fused-ring (bicyclic) bond motifs is 1. The largest absolute Gasteiger partial charge is 0.434 e. The van der Waals surface area contributed by atoms with E-state index in [1.165, 1.54) is 23.3 Å². The molecular weight excluding hydrogens is 391 g/mol. The fraction of sp³-hybridized carbons (Fsp3) is 0.200. The molecule has 146 valence electrons. The van der Waals surface area contributed by atoms with Crippen LogP contribution in [-0.4, -0.2) is 15.0 Å². The van der Waals surface area contributed by atoms with E-state index in [4.69, 9.17) is 17.3 Å². The first-order valence-electron chi connectivity index (χ1n) is 8.53. The van der Waals surface area contributed by atoms with Crippen molar-refractivity contribution < 1.29 is 18.0 Å². The van der Waals surface area contributed by atoms with E-state index in [1.807, 2.05) is 0 Å². The Hall–Kier alpha value is -2.64. The van der Waals surface area contributed by atoms with Gasteiger partial charge in [0.05, 0.1) is 17.4 Å². The predicted octanol–water partition coefficient (Wildman–Crippen LogP) is 4.90. The average Bonchev–Trinajstić information content (AvgIpc) is 3.28. The Labute approximate surface area is 164 Å². The molecule has 2 aromatic carbocycles. The average molecular weight is 408 g/mol. The van der Waals surface area contributed by atoms with Crippen molar-refractivity contribution in [2.75, 3.05) is 0 Å². The Bertz CT molecular complexity index is 970. The second-order valence-corrected chi connectivity index (χ2v) is 6.61. The highest BCUT2D eigenvalue weighted by Crippen LogP contribution is 2.34. The molecule has 0 fully saturated rings. The maximum absolute atomic E-state index is 12.9. The maximum atomic E-state index is 12.9. The highest BCUT2D eigenvalue weighted by Gasteiger charge is 2.40. The molecule has 0 saturated heterocycles. The zero-order chi connectivity index (χ0) is 20.3. The number of carbonyl (C=O) groups is 1. The summed E-state index contributed by atoms with van der Waals surface area (Å²) in [6.07, 6.45) is -1.62. The van der Waals surface area contributed by atoms with Crippen molar-refractivity contribution in [3.63, 3.8) is 0 Å². The lowest BCUT2D eigenvalue weighted by Gasteiger charge is -2.11. The summed E-state index contributed by atoms with van der Waals surface area (Å²) < 4.78 is 39.4. The normalized spacial score (nSPS) is 15.5. The fourth-order valence-corrected chi connectivity index (χ4v) is 3.26. The number of benzene rings is 2. The van der Waals surface area contributed by atoms with E-state index < -0.39 is 22.7 Å². The molecule has 3 aromatic rings. The van der Waals surface area contributed by atoms with Crippen LogP contribution in [0.2, 0.25) is 0 Å². The van der Waals surface area contributed by atoms with Crippen molar-refractivity contribution in [3.8, 4) is 5.69 Å². The third kappa shape index (κ3) is 4.26. The summed E-state index contributed by atoms with van der Waals surface area (Å²) in [6, 6.07) is 16.4. The van der Waals surface area contributed by atoms with Crippen LogP contribution in [0.1, 0.15) is 39.6 Å². The number of hydrogen-bond donors (Lipinski definition) is 1. The van der Waals surface area contributed by atoms with Crippen LogP contribution in [0, 0.1) is 0 Å². The number of carbonyl (C=O) groups excluding carboxylic acids is 1. The molecule has 4 nitrogen and oxygen atoms in total. The zero-order valence-electron chi connectivity index (χ0n) is 14.7. The van der Waals surface area contributed by atoms with E-state index >= 15 is 0 Å². The first kappa shape index (κ1) is 20.1. The van der Waals surface area contributed by atoms with Gasteiger partial charge in [0.2, 0.25) is 0 Å². The number of hydrogen-bond acceptors (Lipinski definition) is 3. The van der Waals surface area contributed by atoms with Crippen molar-refractivity contribution >= 4 is 16.8 Å². The predicted molar refractivity (Wildman–Crippen MR) is 100 cm³/mol. The molecule has 1 aliphatic rings. The van der Waals surface area contributed by atoms with Gasteiger partial charge in [-0.25, -0.2) is 4.68 Å². The number of alkyl halides is 3. The molecule has 1 heterocycles. The molecule has 28 heavy (non-hydrogen) atoms. The Balaban J connectivity index is 0.000000188. The number of nitrogens with two attached hydrogens (primary N) is 1. The molecule has 4 rings (SSSR count). The van der Waals surface area contributed by atoms with Gasteiger partial charge in [-0.2, -0.15) is 18.3 Å². The molecule has 1 aromatic heterocycles. The standard InChI is InChI=1S/C11H6ClF3N2O.C9H11N/c12-10(18)8-6-16-17(9(8)11(13,14)15)7-4-2-1-3-5-7;10-9-6-5-7-3-1-2-4-8(7)9/h1-6H;1-4,9H,5-6,10H2. The highest BCUT2D eigenvalue weighted by atomic mass is 35.5. The molecule has 0 spiro atoms. The minimum Gasteiger partial charge on any atom is -0.324 e. The number of halogens is 4. The Kier molecular flexibility index (Phi) is 5.86. The number of nitrogens with zero attached hydrogens (tertiary/aromatic N) is 2. The minimum absolute atomic E-state index is 0.203. The van der Waals surface area contributed by atoms with E-state index in [0.29, 0.717) is 10.7 Å². The number of rotatable bonds is 2. The molecule has 0 aliphatic heterocycles. The quantitative estimate of drug-likeness (QED) is 0.614. The summed E-state index contributed by atoms with van der Waals surface area (Å²) in [4.78, 5) is 11.0. The first-order chi connectivity index (χ1) is 13.3. The smallest absolute Gasteiger partial charge is 0.324 e. The van der Waals surface area contributed by atoms with E-state index in [-0.39, 0.29) is 5.69 Å². The monoisotopic (exact) mass is 407 g/mol. The molecule has 2 N–H and O–H groups in total. The number of para-hydroxylation sites is 1. The molecule has 1 unspecified atom stereocenters. The summed E-state index contributed by atoms with van der Waals surface area (Å²) in [6.45, 7) is 0. The third-order valence-electron chi connectivity index (χ3n) is 4.43. The van der Waals surface area contributed by atoms with Gasteiger partial charge in [0.25, 0.3) is 5.24 Å². The molecule has 1 aliphatic carbocycles. The summed E-state index contributed by atoms with van der Waals surface area (Å²) >= 11 is 5.12. The second-order valence-electron chi connectivity index (χ2n) is 6.27. The molecule has 0 amide bonds. The van der Waals surface area contributed by atoms with Crippen LogP contribution < -0.4 is 5.73 Å². The van der Waals surface area contributed by atoms with Crippen LogP contribution >= 0.6 is 11.6 Å². The van der Waals surface area contributed by atoms with Crippen molar-refractivity contribution in [1.29, 1.82) is 0 Å². The summed E-state index contributed by atoms with van der Waals surface area (Å²) in [5, 5.41) is 2.38. The lowest BCUT2D eigenvalue weighted by Crippen LogP contribution is -2.16. The number of aryl methyl sites for hydroxylation is 1. The highest BCUT2D eigenvalue weighted by molar-refractivity contribution is 6.67. The lowest BCUT2D eigenvalue weighted by atomic mass is 10.1. The van der Waals surface area contributed by atoms with Gasteiger partial charge in [-0.05, 0) is 47.7 Å². The zero-order valence-corrected chi connectivity index (χ0v) is 15.4. The summed E-state index contributed by atoms with van der Waals surface area (Å²) in [5.41, 5.74) is 7.01. The van der Waals surface area contributed by atoms with Crippen LogP contribution in [0.5, 0.6) is 0 Å². The van der Waals surface area contributed by atoms with Crippen molar-refractivity contribution in [2.45, 2.75) is 25.1 Å². The molecule has 8 heteroatoms. The van der Waals surface area contributed by atoms with E-state index in [1.54, 1.807) is 18.2 Å². The second kappa shape index (κ2) is 8.16. The topological polar surface area (TPSA) is 60.9 Å². The van der Waals surface area contributed by atoms with Gasteiger partial charge in [-0.15, -0.1) is 0 Å². The third-order valence-corrected chi connectivity index (χ3v) is 4.63. The van der Waals surface area contributed by atoms with Crippen LogP contribution in [0.15, 0.2) is 60.8 Å². The molecule has 0 bridgehead atoms. The van der Waals surface area contributed by atoms with Gasteiger partial charge >= 0.3 is 6.18 Å². The van der Waals surface area contributed by atoms with E-state index in [2.05, 4.69) is 29.4 Å². The Morgan fingerprint density at radius 3 is 2.36 bits per heavy atom. The molecule has 0 radical (unpaired) electrons. The van der Waals surface area contributed by atoms with Gasteiger partial charge in [0.1, 0.15) is 0 Å². The van der Waals surface area contributed by atoms with Crippen LogP contribution in [0.4, 0.5) is 13.2 Å². The van der Waals surface area contributed by atoms with Gasteiger partial charge in [-0.3, -0.25) is 4.79 Å². The van der Waals surface area contributed by atoms with Crippen LogP contribution in [0.25, 0.3) is 5.69 Å².